The molecule has 12 heteroatoms. The summed E-state index contributed by atoms with van der Waals surface area (Å²) in [6.45, 7) is 6.80. The van der Waals surface area contributed by atoms with Crippen molar-refractivity contribution >= 4 is 47.3 Å². The molecule has 2 heterocycles. The predicted molar refractivity (Wildman–Crippen MR) is 137 cm³/mol. The Bertz CT molecular complexity index is 740. The number of nitrogens with zero attached hydrogens (tertiary/aromatic N) is 1. The standard InChI is InChI=1S/C23H40N4O6S2/c1-22(2,3)33-21(31)25-12-8-10-19(29)27-16-23(34-13-14-35-23)15-17(27)20(30)24-11-7-5-4-6-9-18(28)26-32/h17,32H,4-16H2,1-3H3,(H,24,30)(H,25,31)(H,26,28)/t17-/m0/s1. The molecule has 4 amide bonds. The first-order chi connectivity index (χ1) is 16.6. The Morgan fingerprint density at radius 2 is 1.63 bits per heavy atom. The second-order valence-corrected chi connectivity index (χ2v) is 13.1. The van der Waals surface area contributed by atoms with Gasteiger partial charge < -0.3 is 20.3 Å². The van der Waals surface area contributed by atoms with Gasteiger partial charge in [0.2, 0.25) is 17.7 Å². The molecule has 2 saturated heterocycles. The van der Waals surface area contributed by atoms with E-state index in [0.29, 0.717) is 38.9 Å². The summed E-state index contributed by atoms with van der Waals surface area (Å²) < 4.78 is 5.10. The third-order valence-corrected chi connectivity index (χ3v) is 9.14. The number of hydrogen-bond donors (Lipinski definition) is 4. The summed E-state index contributed by atoms with van der Waals surface area (Å²) in [5.74, 6) is 1.48. The van der Waals surface area contributed by atoms with Gasteiger partial charge in [0, 0.05) is 50.4 Å². The zero-order chi connectivity index (χ0) is 25.9. The predicted octanol–water partition coefficient (Wildman–Crippen LogP) is 2.64. The van der Waals surface area contributed by atoms with Gasteiger partial charge in [0.15, 0.2) is 0 Å². The van der Waals surface area contributed by atoms with Crippen molar-refractivity contribution in [3.8, 4) is 0 Å². The third kappa shape index (κ3) is 10.5. The van der Waals surface area contributed by atoms with Gasteiger partial charge in [-0.05, 0) is 40.0 Å². The van der Waals surface area contributed by atoms with Crippen LogP contribution in [0.3, 0.4) is 0 Å². The van der Waals surface area contributed by atoms with Crippen LogP contribution in [-0.2, 0) is 19.1 Å². The Balaban J connectivity index is 1.77. The van der Waals surface area contributed by atoms with Crippen LogP contribution >= 0.6 is 23.5 Å². The molecular weight excluding hydrogens is 492 g/mol. The molecule has 2 aliphatic heterocycles. The Labute approximate surface area is 216 Å². The number of hydrogen-bond acceptors (Lipinski definition) is 8. The number of rotatable bonds is 12. The van der Waals surface area contributed by atoms with Crippen LogP contribution in [0.5, 0.6) is 0 Å². The zero-order valence-corrected chi connectivity index (χ0v) is 22.7. The van der Waals surface area contributed by atoms with Gasteiger partial charge in [0.1, 0.15) is 11.6 Å². The Hall–Kier alpha value is -1.66. The smallest absolute Gasteiger partial charge is 0.407 e. The Kier molecular flexibility index (Phi) is 12.0. The highest BCUT2D eigenvalue weighted by Crippen LogP contribution is 2.51. The lowest BCUT2D eigenvalue weighted by atomic mass is 10.1. The lowest BCUT2D eigenvalue weighted by Crippen LogP contribution is -2.46. The molecule has 0 aromatic heterocycles. The molecule has 4 N–H and O–H groups in total. The summed E-state index contributed by atoms with van der Waals surface area (Å²) in [5, 5.41) is 14.2. The Morgan fingerprint density at radius 1 is 0.971 bits per heavy atom. The van der Waals surface area contributed by atoms with E-state index in [1.54, 1.807) is 31.2 Å². The van der Waals surface area contributed by atoms with Crippen molar-refractivity contribution in [1.29, 1.82) is 0 Å². The van der Waals surface area contributed by atoms with E-state index < -0.39 is 17.7 Å². The van der Waals surface area contributed by atoms with Crippen LogP contribution in [0.1, 0.15) is 72.1 Å². The van der Waals surface area contributed by atoms with Crippen molar-refractivity contribution in [3.63, 3.8) is 0 Å². The number of likely N-dealkylation sites (tertiary alicyclic amines) is 1. The molecule has 1 atom stereocenters. The highest BCUT2D eigenvalue weighted by molar-refractivity contribution is 8.21. The summed E-state index contributed by atoms with van der Waals surface area (Å²) >= 11 is 3.68. The minimum absolute atomic E-state index is 0.0664. The van der Waals surface area contributed by atoms with Gasteiger partial charge in [0.25, 0.3) is 0 Å². The van der Waals surface area contributed by atoms with Gasteiger partial charge in [-0.2, -0.15) is 0 Å². The number of alkyl carbamates (subject to hydrolysis) is 1. The van der Waals surface area contributed by atoms with Gasteiger partial charge in [-0.3, -0.25) is 19.6 Å². The topological polar surface area (TPSA) is 137 Å². The van der Waals surface area contributed by atoms with Crippen molar-refractivity contribution < 1.29 is 29.1 Å². The van der Waals surface area contributed by atoms with E-state index >= 15 is 0 Å². The molecule has 0 radical (unpaired) electrons. The maximum Gasteiger partial charge on any atom is 0.407 e. The highest BCUT2D eigenvalue weighted by atomic mass is 32.2. The molecule has 2 rings (SSSR count). The normalized spacial score (nSPS) is 19.0. The van der Waals surface area contributed by atoms with Gasteiger partial charge >= 0.3 is 6.09 Å². The van der Waals surface area contributed by atoms with Crippen LogP contribution in [0.15, 0.2) is 0 Å². The quantitative estimate of drug-likeness (QED) is 0.171. The van der Waals surface area contributed by atoms with E-state index in [1.807, 2.05) is 23.5 Å². The molecule has 0 saturated carbocycles. The van der Waals surface area contributed by atoms with Crippen LogP contribution in [0.4, 0.5) is 4.79 Å². The van der Waals surface area contributed by atoms with Crippen molar-refractivity contribution in [2.75, 3.05) is 31.1 Å². The second-order valence-electron chi connectivity index (χ2n) is 9.87. The largest absolute Gasteiger partial charge is 0.444 e. The average molecular weight is 533 g/mol. The van der Waals surface area contributed by atoms with E-state index in [0.717, 1.165) is 30.8 Å². The first-order valence-electron chi connectivity index (χ1n) is 12.3. The molecule has 0 aromatic rings. The number of hydroxylamine groups is 1. The monoisotopic (exact) mass is 532 g/mol. The van der Waals surface area contributed by atoms with Gasteiger partial charge in [-0.25, -0.2) is 10.3 Å². The molecule has 35 heavy (non-hydrogen) atoms. The minimum atomic E-state index is -0.572. The second kappa shape index (κ2) is 14.2. The fourth-order valence-corrected chi connectivity index (χ4v) is 7.33. The number of unbranched alkanes of at least 4 members (excludes halogenated alkanes) is 3. The first-order valence-corrected chi connectivity index (χ1v) is 14.3. The highest BCUT2D eigenvalue weighted by Gasteiger charge is 2.50. The first kappa shape index (κ1) is 29.6. The Morgan fingerprint density at radius 3 is 2.29 bits per heavy atom. The van der Waals surface area contributed by atoms with Crippen molar-refractivity contribution in [3.05, 3.63) is 0 Å². The molecule has 2 aliphatic rings. The maximum atomic E-state index is 13.0. The molecule has 1 spiro atoms. The lowest BCUT2D eigenvalue weighted by molar-refractivity contribution is -0.138. The van der Waals surface area contributed by atoms with E-state index in [-0.39, 0.29) is 34.6 Å². The number of ether oxygens (including phenoxy) is 1. The number of carbonyl (C=O) groups is 4. The van der Waals surface area contributed by atoms with Gasteiger partial charge in [0.05, 0.1) is 4.08 Å². The molecule has 0 unspecified atom stereocenters. The molecule has 0 aliphatic carbocycles. The fraction of sp³-hybridized carbons (Fsp3) is 0.826. The van der Waals surface area contributed by atoms with E-state index in [9.17, 15) is 19.2 Å². The summed E-state index contributed by atoms with van der Waals surface area (Å²) in [5.41, 5.74) is 1.05. The number of amides is 4. The number of nitrogens with one attached hydrogen (secondary N) is 3. The van der Waals surface area contributed by atoms with E-state index in [2.05, 4.69) is 10.6 Å². The summed E-state index contributed by atoms with van der Waals surface area (Å²) in [7, 11) is 0. The zero-order valence-electron chi connectivity index (χ0n) is 21.0. The van der Waals surface area contributed by atoms with Crippen molar-refractivity contribution in [2.24, 2.45) is 0 Å². The molecule has 10 nitrogen and oxygen atoms in total. The molecular formula is C23H40N4O6S2. The summed E-state index contributed by atoms with van der Waals surface area (Å²) in [6.07, 6.45) is 4.34. The average Bonchev–Trinajstić information content (AvgIpc) is 3.41. The SMILES string of the molecule is CC(C)(C)OC(=O)NCCCC(=O)N1CC2(C[C@H]1C(=O)NCCCCCCC(=O)NO)SCCS2. The van der Waals surface area contributed by atoms with Crippen molar-refractivity contribution in [2.45, 2.75) is 87.9 Å². The number of thioether (sulfide) groups is 2. The van der Waals surface area contributed by atoms with Crippen LogP contribution in [-0.4, -0.2) is 80.8 Å². The minimum Gasteiger partial charge on any atom is -0.444 e. The lowest BCUT2D eigenvalue weighted by Gasteiger charge is -2.24. The molecule has 0 aromatic carbocycles. The van der Waals surface area contributed by atoms with Crippen LogP contribution in [0.2, 0.25) is 0 Å². The van der Waals surface area contributed by atoms with Crippen LogP contribution < -0.4 is 16.1 Å². The third-order valence-electron chi connectivity index (χ3n) is 5.72. The van der Waals surface area contributed by atoms with E-state index in [1.165, 1.54) is 0 Å². The summed E-state index contributed by atoms with van der Waals surface area (Å²) in [6, 6.07) is -0.479. The van der Waals surface area contributed by atoms with Crippen LogP contribution in [0.25, 0.3) is 0 Å². The molecule has 200 valence electrons. The van der Waals surface area contributed by atoms with E-state index in [4.69, 9.17) is 9.94 Å². The van der Waals surface area contributed by atoms with Gasteiger partial charge in [-0.1, -0.05) is 12.8 Å². The number of carbonyl (C=O) groups excluding carboxylic acids is 4. The maximum absolute atomic E-state index is 13.0. The van der Waals surface area contributed by atoms with Gasteiger partial charge in [-0.15, -0.1) is 23.5 Å². The molecule has 0 bridgehead atoms. The van der Waals surface area contributed by atoms with Crippen molar-refractivity contribution in [1.82, 2.24) is 21.0 Å². The fourth-order valence-electron chi connectivity index (χ4n) is 4.08. The summed E-state index contributed by atoms with van der Waals surface area (Å²) in [4.78, 5) is 50.5. The molecule has 2 fully saturated rings. The van der Waals surface area contributed by atoms with Crippen LogP contribution in [0, 0.1) is 0 Å².